The third kappa shape index (κ3) is 30.9. The van der Waals surface area contributed by atoms with Crippen molar-refractivity contribution in [2.75, 3.05) is 14.1 Å². The zero-order chi connectivity index (χ0) is 7.54. The molecule has 2 heteroatoms. The van der Waals surface area contributed by atoms with Crippen LogP contribution < -0.4 is 5.32 Å². The van der Waals surface area contributed by atoms with Crippen LogP contribution in [0.4, 0.5) is 0 Å². The molecule has 0 aromatic heterocycles. The minimum Gasteiger partial charge on any atom is -0.323 e. The highest BCUT2D eigenvalue weighted by atomic mass is 28.2. The second-order valence-electron chi connectivity index (χ2n) is 2.21. The third-order valence-corrected chi connectivity index (χ3v) is 2.87. The van der Waals surface area contributed by atoms with E-state index in [9.17, 15) is 0 Å². The fourth-order valence-electron chi connectivity index (χ4n) is 0.500. The number of rotatable bonds is 3. The van der Waals surface area contributed by atoms with Gasteiger partial charge in [-0.25, -0.2) is 0 Å². The Morgan fingerprint density at radius 3 is 1.78 bits per heavy atom. The van der Waals surface area contributed by atoms with Gasteiger partial charge in [-0.3, -0.25) is 0 Å². The van der Waals surface area contributed by atoms with Gasteiger partial charge in [0.05, 0.1) is 0 Å². The Kier molecular flexibility index (Phi) is 20.8. The molecule has 0 aromatic carbocycles. The van der Waals surface area contributed by atoms with Crippen LogP contribution in [0, 0.1) is 0 Å². The number of hydrogen-bond donors (Lipinski definition) is 1. The Hall–Kier alpha value is 0.177. The predicted octanol–water partition coefficient (Wildman–Crippen LogP) is 1.26. The third-order valence-electron chi connectivity index (χ3n) is 0.957. The van der Waals surface area contributed by atoms with Gasteiger partial charge in [0, 0.05) is 9.52 Å². The van der Waals surface area contributed by atoms with E-state index in [1.54, 1.807) is 6.04 Å². The molecule has 0 aliphatic rings. The normalized spacial score (nSPS) is 9.33. The molecule has 0 saturated heterocycles. The summed E-state index contributed by atoms with van der Waals surface area (Å²) in [6.07, 6.45) is 1.42. The van der Waals surface area contributed by atoms with Gasteiger partial charge in [-0.1, -0.05) is 32.4 Å². The van der Waals surface area contributed by atoms with Crippen molar-refractivity contribution in [3.05, 3.63) is 0 Å². The Morgan fingerprint density at radius 2 is 1.67 bits per heavy atom. The van der Waals surface area contributed by atoms with Crippen molar-refractivity contribution in [2.45, 2.75) is 32.4 Å². The van der Waals surface area contributed by atoms with Gasteiger partial charge < -0.3 is 5.32 Å². The summed E-state index contributed by atoms with van der Waals surface area (Å²) in [5.74, 6) is 0. The van der Waals surface area contributed by atoms with Crippen LogP contribution in [-0.2, 0) is 0 Å². The Morgan fingerprint density at radius 1 is 1.22 bits per heavy atom. The highest BCUT2D eigenvalue weighted by molar-refractivity contribution is 6.35. The van der Waals surface area contributed by atoms with E-state index in [1.807, 2.05) is 14.1 Å². The van der Waals surface area contributed by atoms with Crippen molar-refractivity contribution in [1.82, 2.24) is 5.32 Å². The van der Waals surface area contributed by atoms with Gasteiger partial charge in [-0.2, -0.15) is 0 Å². The average molecular weight is 147 g/mol. The highest BCUT2D eigenvalue weighted by Crippen LogP contribution is 1.86. The van der Waals surface area contributed by atoms with E-state index >= 15 is 0 Å². The van der Waals surface area contributed by atoms with Crippen LogP contribution in [-0.4, -0.2) is 23.6 Å². The monoisotopic (exact) mass is 147 g/mol. The van der Waals surface area contributed by atoms with Gasteiger partial charge in [0.1, 0.15) is 0 Å². The quantitative estimate of drug-likeness (QED) is 0.468. The molecular weight excluding hydrogens is 126 g/mol. The Balaban J connectivity index is 0. The lowest BCUT2D eigenvalue weighted by Gasteiger charge is -1.84. The maximum atomic E-state index is 2.75. The van der Waals surface area contributed by atoms with E-state index in [1.165, 1.54) is 12.5 Å². The second kappa shape index (κ2) is 15.7. The van der Waals surface area contributed by atoms with Gasteiger partial charge in [0.2, 0.25) is 0 Å². The molecule has 0 heterocycles. The summed E-state index contributed by atoms with van der Waals surface area (Å²) in [4.78, 5) is 0. The lowest BCUT2D eigenvalue weighted by molar-refractivity contribution is 1.02. The number of nitrogens with one attached hydrogen (secondary N) is 1. The molecule has 58 valence electrons. The molecule has 0 aromatic rings. The van der Waals surface area contributed by atoms with Crippen molar-refractivity contribution in [1.29, 1.82) is 0 Å². The first kappa shape index (κ1) is 11.9. The molecule has 0 amide bonds. The van der Waals surface area contributed by atoms with Crippen molar-refractivity contribution in [3.8, 4) is 0 Å². The topological polar surface area (TPSA) is 12.0 Å². The molecule has 0 radical (unpaired) electrons. The van der Waals surface area contributed by atoms with Crippen LogP contribution in [0.15, 0.2) is 0 Å². The first-order valence-electron chi connectivity index (χ1n) is 3.91. The van der Waals surface area contributed by atoms with Gasteiger partial charge >= 0.3 is 0 Å². The summed E-state index contributed by atoms with van der Waals surface area (Å²) >= 11 is 0. The smallest absolute Gasteiger partial charge is 0.0195 e. The standard InChI is InChI=1S/C5H14Si.C2H7N/c1-3-5-6-4-2;1-3-2/h3-6H2,1-2H3;3H,1-2H3. The fraction of sp³-hybridized carbons (Fsp3) is 1.00. The number of hydrogen-bond acceptors (Lipinski definition) is 1. The lowest BCUT2D eigenvalue weighted by atomic mass is 10.6. The molecule has 0 fully saturated rings. The van der Waals surface area contributed by atoms with Gasteiger partial charge in [-0.15, -0.1) is 0 Å². The lowest BCUT2D eigenvalue weighted by Crippen LogP contribution is -1.89. The molecule has 0 aliphatic heterocycles. The van der Waals surface area contributed by atoms with E-state index in [2.05, 4.69) is 19.2 Å². The molecule has 0 rings (SSSR count). The van der Waals surface area contributed by atoms with Gasteiger partial charge in [0.25, 0.3) is 0 Å². The Bertz CT molecular complexity index is 28.1. The molecule has 1 N–H and O–H groups in total. The van der Waals surface area contributed by atoms with Crippen molar-refractivity contribution in [2.24, 2.45) is 0 Å². The van der Waals surface area contributed by atoms with Gasteiger partial charge in [-0.05, 0) is 14.1 Å². The largest absolute Gasteiger partial charge is 0.323 e. The first-order valence-corrected chi connectivity index (χ1v) is 5.91. The summed E-state index contributed by atoms with van der Waals surface area (Å²) in [5, 5.41) is 2.75. The van der Waals surface area contributed by atoms with Crippen LogP contribution in [0.1, 0.15) is 20.3 Å². The summed E-state index contributed by atoms with van der Waals surface area (Å²) in [7, 11) is 4.17. The zero-order valence-corrected chi connectivity index (χ0v) is 8.74. The van der Waals surface area contributed by atoms with Crippen LogP contribution in [0.2, 0.25) is 12.1 Å². The van der Waals surface area contributed by atoms with E-state index in [-0.39, 0.29) is 0 Å². The summed E-state index contributed by atoms with van der Waals surface area (Å²) in [5.41, 5.74) is 0. The van der Waals surface area contributed by atoms with E-state index in [4.69, 9.17) is 0 Å². The first-order chi connectivity index (χ1) is 4.33. The maximum Gasteiger partial charge on any atom is 0.0195 e. The van der Waals surface area contributed by atoms with E-state index in [0.717, 1.165) is 0 Å². The van der Waals surface area contributed by atoms with Crippen molar-refractivity contribution >= 4 is 9.52 Å². The molecule has 1 nitrogen and oxygen atoms in total. The average Bonchev–Trinajstić information content (AvgIpc) is 1.86. The second-order valence-corrected chi connectivity index (χ2v) is 4.62. The summed E-state index contributed by atoms with van der Waals surface area (Å²) < 4.78 is 0. The summed E-state index contributed by atoms with van der Waals surface area (Å²) in [6.45, 7) is 4.56. The molecule has 9 heavy (non-hydrogen) atoms. The highest BCUT2D eigenvalue weighted by Gasteiger charge is 1.76. The summed E-state index contributed by atoms with van der Waals surface area (Å²) in [6, 6.07) is 3.05. The predicted molar refractivity (Wildman–Crippen MR) is 49.1 cm³/mol. The molecule has 0 spiro atoms. The van der Waals surface area contributed by atoms with Crippen molar-refractivity contribution < 1.29 is 0 Å². The molecule has 0 aliphatic carbocycles. The maximum absolute atomic E-state index is 2.75. The van der Waals surface area contributed by atoms with Crippen molar-refractivity contribution in [3.63, 3.8) is 0 Å². The molecule has 0 saturated carbocycles. The molecular formula is C7H21NSi. The minimum absolute atomic E-state index is 0.422. The SMILES string of the molecule is CCC[SiH2]CC.CNC. The van der Waals surface area contributed by atoms with E-state index < -0.39 is 0 Å². The van der Waals surface area contributed by atoms with Crippen LogP contribution in [0.5, 0.6) is 0 Å². The molecule has 0 bridgehead atoms. The minimum atomic E-state index is 0.422. The molecule has 0 atom stereocenters. The Labute approximate surface area is 62.1 Å². The van der Waals surface area contributed by atoms with Crippen LogP contribution in [0.25, 0.3) is 0 Å². The fourth-order valence-corrected chi connectivity index (χ4v) is 1.50. The zero-order valence-electron chi connectivity index (χ0n) is 7.33. The van der Waals surface area contributed by atoms with Crippen LogP contribution in [0.3, 0.4) is 0 Å². The molecule has 0 unspecified atom stereocenters. The van der Waals surface area contributed by atoms with E-state index in [0.29, 0.717) is 9.52 Å². The van der Waals surface area contributed by atoms with Crippen LogP contribution >= 0.6 is 0 Å². The van der Waals surface area contributed by atoms with Gasteiger partial charge in [0.15, 0.2) is 0 Å².